The van der Waals surface area contributed by atoms with Crippen LogP contribution < -0.4 is 16.0 Å². The van der Waals surface area contributed by atoms with Crippen molar-refractivity contribution in [3.63, 3.8) is 0 Å². The molecule has 1 fully saturated rings. The number of nitrogens with one attached hydrogen (secondary N) is 3. The average molecular weight is 401 g/mol. The van der Waals surface area contributed by atoms with Crippen LogP contribution in [0.25, 0.3) is 10.8 Å². The summed E-state index contributed by atoms with van der Waals surface area (Å²) in [7, 11) is 0. The minimum Gasteiger partial charge on any atom is -0.350 e. The molecular weight excluding hydrogens is 378 g/mol. The van der Waals surface area contributed by atoms with E-state index < -0.39 is 0 Å². The van der Waals surface area contributed by atoms with Gasteiger partial charge in [0.05, 0.1) is 0 Å². The lowest BCUT2D eigenvalue weighted by molar-refractivity contribution is -0.117. The maximum Gasteiger partial charge on any atom is 0.251 e. The first-order valence-corrected chi connectivity index (χ1v) is 10.1. The SMILES string of the molecule is O=C(NCCNC(=O)c1ccc2ccccc2c1)c1ccc(NC(=O)C2CC2)cc1. The summed E-state index contributed by atoms with van der Waals surface area (Å²) in [6, 6.07) is 20.2. The summed E-state index contributed by atoms with van der Waals surface area (Å²) in [6.45, 7) is 0.644. The second kappa shape index (κ2) is 8.78. The topological polar surface area (TPSA) is 87.3 Å². The fourth-order valence-corrected chi connectivity index (χ4v) is 3.18. The van der Waals surface area contributed by atoms with E-state index in [0.717, 1.165) is 23.6 Å². The zero-order valence-corrected chi connectivity index (χ0v) is 16.5. The van der Waals surface area contributed by atoms with E-state index in [4.69, 9.17) is 0 Å². The van der Waals surface area contributed by atoms with Crippen LogP contribution in [0.1, 0.15) is 33.6 Å². The molecule has 1 aliphatic carbocycles. The van der Waals surface area contributed by atoms with Crippen molar-refractivity contribution in [3.05, 3.63) is 77.9 Å². The molecule has 6 heteroatoms. The van der Waals surface area contributed by atoms with Crippen LogP contribution in [-0.2, 0) is 4.79 Å². The molecule has 3 aromatic rings. The number of hydrogen-bond donors (Lipinski definition) is 3. The Balaban J connectivity index is 1.23. The van der Waals surface area contributed by atoms with Gasteiger partial charge in [0.15, 0.2) is 0 Å². The second-order valence-corrected chi connectivity index (χ2v) is 7.41. The van der Waals surface area contributed by atoms with Crippen LogP contribution in [0.15, 0.2) is 66.7 Å². The summed E-state index contributed by atoms with van der Waals surface area (Å²) in [5.41, 5.74) is 1.77. The van der Waals surface area contributed by atoms with Crippen molar-refractivity contribution in [1.82, 2.24) is 10.6 Å². The van der Waals surface area contributed by atoms with E-state index in [1.165, 1.54) is 0 Å². The number of rotatable bonds is 7. The van der Waals surface area contributed by atoms with E-state index in [9.17, 15) is 14.4 Å². The van der Waals surface area contributed by atoms with E-state index in [-0.39, 0.29) is 23.6 Å². The highest BCUT2D eigenvalue weighted by atomic mass is 16.2. The Morgan fingerprint density at radius 2 is 1.33 bits per heavy atom. The summed E-state index contributed by atoms with van der Waals surface area (Å²) in [5, 5.41) is 10.5. The van der Waals surface area contributed by atoms with E-state index in [1.807, 2.05) is 36.4 Å². The first kappa shape index (κ1) is 19.6. The molecule has 0 unspecified atom stereocenters. The Morgan fingerprint density at radius 3 is 2.00 bits per heavy atom. The molecule has 0 bridgehead atoms. The van der Waals surface area contributed by atoms with Gasteiger partial charge >= 0.3 is 0 Å². The largest absolute Gasteiger partial charge is 0.350 e. The molecule has 1 aliphatic rings. The molecule has 0 radical (unpaired) electrons. The predicted octanol–water partition coefficient (Wildman–Crippen LogP) is 3.35. The van der Waals surface area contributed by atoms with Gasteiger partial charge in [0, 0.05) is 35.8 Å². The molecule has 6 nitrogen and oxygen atoms in total. The lowest BCUT2D eigenvalue weighted by Gasteiger charge is -2.09. The van der Waals surface area contributed by atoms with Crippen LogP contribution in [0.2, 0.25) is 0 Å². The van der Waals surface area contributed by atoms with E-state index in [2.05, 4.69) is 16.0 Å². The monoisotopic (exact) mass is 401 g/mol. The fourth-order valence-electron chi connectivity index (χ4n) is 3.18. The minimum atomic E-state index is -0.227. The molecule has 0 aliphatic heterocycles. The molecular formula is C24H23N3O3. The Hall–Kier alpha value is -3.67. The van der Waals surface area contributed by atoms with Gasteiger partial charge in [-0.25, -0.2) is 0 Å². The highest BCUT2D eigenvalue weighted by Crippen LogP contribution is 2.30. The summed E-state index contributed by atoms with van der Waals surface area (Å²) in [5.74, 6) is -0.229. The third kappa shape index (κ3) is 4.84. The second-order valence-electron chi connectivity index (χ2n) is 7.41. The third-order valence-electron chi connectivity index (χ3n) is 5.07. The molecule has 0 aromatic heterocycles. The minimum absolute atomic E-state index is 0.0364. The number of benzene rings is 3. The zero-order chi connectivity index (χ0) is 20.9. The highest BCUT2D eigenvalue weighted by Gasteiger charge is 2.29. The smallest absolute Gasteiger partial charge is 0.251 e. The molecule has 0 heterocycles. The van der Waals surface area contributed by atoms with E-state index >= 15 is 0 Å². The van der Waals surface area contributed by atoms with Crippen LogP contribution in [-0.4, -0.2) is 30.8 Å². The average Bonchev–Trinajstić information content (AvgIpc) is 3.62. The molecule has 1 saturated carbocycles. The molecule has 0 atom stereocenters. The highest BCUT2D eigenvalue weighted by molar-refractivity contribution is 5.99. The van der Waals surface area contributed by atoms with Gasteiger partial charge in [-0.15, -0.1) is 0 Å². The van der Waals surface area contributed by atoms with Crippen molar-refractivity contribution in [3.8, 4) is 0 Å². The van der Waals surface area contributed by atoms with Crippen LogP contribution in [0.5, 0.6) is 0 Å². The number of amides is 3. The van der Waals surface area contributed by atoms with Crippen molar-refractivity contribution < 1.29 is 14.4 Å². The van der Waals surface area contributed by atoms with Crippen LogP contribution >= 0.6 is 0 Å². The maximum atomic E-state index is 12.3. The van der Waals surface area contributed by atoms with Gasteiger partial charge in [0.25, 0.3) is 11.8 Å². The van der Waals surface area contributed by atoms with Gasteiger partial charge in [-0.05, 0) is 60.0 Å². The summed E-state index contributed by atoms with van der Waals surface area (Å²) in [6.07, 6.45) is 1.90. The van der Waals surface area contributed by atoms with Crippen LogP contribution in [0.3, 0.4) is 0 Å². The lowest BCUT2D eigenvalue weighted by Crippen LogP contribution is -2.34. The van der Waals surface area contributed by atoms with Gasteiger partial charge in [0.1, 0.15) is 0 Å². The standard InChI is InChI=1S/C24H23N3O3/c28-22(17-9-11-21(12-10-17)27-24(30)18-6-7-18)25-13-14-26-23(29)20-8-5-16-3-1-2-4-19(16)15-20/h1-5,8-12,15,18H,6-7,13-14H2,(H,25,28)(H,26,29)(H,27,30). The van der Waals surface area contributed by atoms with Crippen molar-refractivity contribution in [2.75, 3.05) is 18.4 Å². The van der Waals surface area contributed by atoms with E-state index in [1.54, 1.807) is 30.3 Å². The predicted molar refractivity (Wildman–Crippen MR) is 116 cm³/mol. The van der Waals surface area contributed by atoms with Gasteiger partial charge in [-0.2, -0.15) is 0 Å². The van der Waals surface area contributed by atoms with Gasteiger partial charge < -0.3 is 16.0 Å². The Morgan fingerprint density at radius 1 is 0.733 bits per heavy atom. The summed E-state index contributed by atoms with van der Waals surface area (Å²) < 4.78 is 0. The number of carbonyl (C=O) groups is 3. The number of fused-ring (bicyclic) bond motifs is 1. The van der Waals surface area contributed by atoms with Crippen LogP contribution in [0, 0.1) is 5.92 Å². The number of carbonyl (C=O) groups excluding carboxylic acids is 3. The lowest BCUT2D eigenvalue weighted by atomic mass is 10.1. The number of anilines is 1. The van der Waals surface area contributed by atoms with Crippen molar-refractivity contribution in [2.45, 2.75) is 12.8 Å². The maximum absolute atomic E-state index is 12.3. The molecule has 4 rings (SSSR count). The van der Waals surface area contributed by atoms with Gasteiger partial charge in [-0.3, -0.25) is 14.4 Å². The normalized spacial score (nSPS) is 12.9. The molecule has 3 amide bonds. The molecule has 0 spiro atoms. The number of hydrogen-bond acceptors (Lipinski definition) is 3. The van der Waals surface area contributed by atoms with Crippen molar-refractivity contribution in [2.24, 2.45) is 5.92 Å². The van der Waals surface area contributed by atoms with E-state index in [0.29, 0.717) is 29.9 Å². The summed E-state index contributed by atoms with van der Waals surface area (Å²) in [4.78, 5) is 36.3. The van der Waals surface area contributed by atoms with Crippen molar-refractivity contribution >= 4 is 34.2 Å². The van der Waals surface area contributed by atoms with Crippen molar-refractivity contribution in [1.29, 1.82) is 0 Å². The zero-order valence-electron chi connectivity index (χ0n) is 16.5. The Labute approximate surface area is 174 Å². The molecule has 3 N–H and O–H groups in total. The molecule has 30 heavy (non-hydrogen) atoms. The summed E-state index contributed by atoms with van der Waals surface area (Å²) >= 11 is 0. The first-order chi connectivity index (χ1) is 14.6. The Kier molecular flexibility index (Phi) is 5.75. The Bertz CT molecular complexity index is 1090. The molecule has 0 saturated heterocycles. The third-order valence-corrected chi connectivity index (χ3v) is 5.07. The van der Waals surface area contributed by atoms with Gasteiger partial charge in [-0.1, -0.05) is 30.3 Å². The fraction of sp³-hybridized carbons (Fsp3) is 0.208. The molecule has 3 aromatic carbocycles. The quantitative estimate of drug-likeness (QED) is 0.531. The van der Waals surface area contributed by atoms with Crippen LogP contribution in [0.4, 0.5) is 5.69 Å². The molecule has 152 valence electrons. The van der Waals surface area contributed by atoms with Gasteiger partial charge in [0.2, 0.25) is 5.91 Å². The first-order valence-electron chi connectivity index (χ1n) is 10.1.